The summed E-state index contributed by atoms with van der Waals surface area (Å²) < 4.78 is 5.32. The van der Waals surface area contributed by atoms with Gasteiger partial charge in [0.1, 0.15) is 5.75 Å². The van der Waals surface area contributed by atoms with Gasteiger partial charge in [-0.3, -0.25) is 4.79 Å². The molecule has 19 heavy (non-hydrogen) atoms. The van der Waals surface area contributed by atoms with E-state index in [1.165, 1.54) is 11.8 Å². The van der Waals surface area contributed by atoms with Crippen LogP contribution in [-0.2, 0) is 4.79 Å². The smallest absolute Gasteiger partial charge is 0.230 e. The van der Waals surface area contributed by atoms with Gasteiger partial charge >= 0.3 is 0 Å². The fourth-order valence-corrected chi connectivity index (χ4v) is 2.08. The standard InChI is InChI=1S/C13H19NO4S/c1-2-18-11-3-5-12(6-4-11)19-9-13(17)14-10(7-15)8-16/h3-6,10,15-16H,2,7-9H2,1H3,(H,14,17). The van der Waals surface area contributed by atoms with Gasteiger partial charge in [-0.2, -0.15) is 0 Å². The minimum absolute atomic E-state index is 0.216. The summed E-state index contributed by atoms with van der Waals surface area (Å²) in [6.07, 6.45) is 0. The van der Waals surface area contributed by atoms with E-state index in [0.717, 1.165) is 10.6 Å². The highest BCUT2D eigenvalue weighted by Gasteiger charge is 2.10. The van der Waals surface area contributed by atoms with E-state index >= 15 is 0 Å². The number of ether oxygens (including phenoxy) is 1. The Balaban J connectivity index is 2.37. The minimum atomic E-state index is -0.589. The van der Waals surface area contributed by atoms with Gasteiger partial charge in [0, 0.05) is 4.90 Å². The summed E-state index contributed by atoms with van der Waals surface area (Å²) >= 11 is 1.39. The van der Waals surface area contributed by atoms with Crippen LogP contribution in [0.3, 0.4) is 0 Å². The van der Waals surface area contributed by atoms with Crippen LogP contribution in [0.1, 0.15) is 6.92 Å². The molecule has 0 radical (unpaired) electrons. The molecular formula is C13H19NO4S. The van der Waals surface area contributed by atoms with Crippen LogP contribution in [0.5, 0.6) is 5.75 Å². The summed E-state index contributed by atoms with van der Waals surface area (Å²) in [6.45, 7) is 2.01. The number of rotatable bonds is 8. The molecule has 0 atom stereocenters. The average Bonchev–Trinajstić information content (AvgIpc) is 2.44. The van der Waals surface area contributed by atoms with Crippen molar-refractivity contribution in [1.82, 2.24) is 5.32 Å². The third kappa shape index (κ3) is 5.96. The molecule has 0 unspecified atom stereocenters. The number of amides is 1. The van der Waals surface area contributed by atoms with E-state index in [9.17, 15) is 4.79 Å². The fourth-order valence-electron chi connectivity index (χ4n) is 1.37. The summed E-state index contributed by atoms with van der Waals surface area (Å²) in [5.74, 6) is 0.828. The van der Waals surface area contributed by atoms with Gasteiger partial charge in [-0.25, -0.2) is 0 Å². The van der Waals surface area contributed by atoms with Crippen molar-refractivity contribution in [3.05, 3.63) is 24.3 Å². The number of carbonyl (C=O) groups excluding carboxylic acids is 1. The van der Waals surface area contributed by atoms with Crippen LogP contribution >= 0.6 is 11.8 Å². The molecule has 0 bridgehead atoms. The molecule has 0 fully saturated rings. The number of carbonyl (C=O) groups is 1. The number of hydrogen-bond acceptors (Lipinski definition) is 5. The summed E-state index contributed by atoms with van der Waals surface area (Å²) in [5, 5.41) is 20.2. The van der Waals surface area contributed by atoms with Gasteiger partial charge in [0.2, 0.25) is 5.91 Å². The number of nitrogens with one attached hydrogen (secondary N) is 1. The van der Waals surface area contributed by atoms with Gasteiger partial charge in [-0.05, 0) is 31.2 Å². The van der Waals surface area contributed by atoms with Crippen LogP contribution in [0, 0.1) is 0 Å². The SMILES string of the molecule is CCOc1ccc(SCC(=O)NC(CO)CO)cc1. The van der Waals surface area contributed by atoms with Crippen molar-refractivity contribution >= 4 is 17.7 Å². The second-order valence-corrected chi connectivity index (χ2v) is 4.87. The van der Waals surface area contributed by atoms with Crippen LogP contribution in [0.4, 0.5) is 0 Å². The molecule has 1 aromatic rings. The third-order valence-electron chi connectivity index (χ3n) is 2.31. The largest absolute Gasteiger partial charge is 0.494 e. The Kier molecular flexibility index (Phi) is 7.32. The van der Waals surface area contributed by atoms with Crippen LogP contribution in [0.25, 0.3) is 0 Å². The van der Waals surface area contributed by atoms with E-state index < -0.39 is 6.04 Å². The Morgan fingerprint density at radius 2 is 1.95 bits per heavy atom. The topological polar surface area (TPSA) is 78.8 Å². The zero-order valence-electron chi connectivity index (χ0n) is 10.8. The number of aliphatic hydroxyl groups is 2. The quantitative estimate of drug-likeness (QED) is 0.611. The summed E-state index contributed by atoms with van der Waals surface area (Å²) in [6, 6.07) is 6.90. The van der Waals surface area contributed by atoms with E-state index in [2.05, 4.69) is 5.32 Å². The molecule has 1 aromatic carbocycles. The van der Waals surface area contributed by atoms with Crippen LogP contribution in [-0.4, -0.2) is 47.7 Å². The zero-order chi connectivity index (χ0) is 14.1. The summed E-state index contributed by atoms with van der Waals surface area (Å²) in [7, 11) is 0. The van der Waals surface area contributed by atoms with E-state index in [4.69, 9.17) is 14.9 Å². The molecule has 6 heteroatoms. The molecule has 5 nitrogen and oxygen atoms in total. The molecule has 1 amide bonds. The second-order valence-electron chi connectivity index (χ2n) is 3.82. The highest BCUT2D eigenvalue weighted by atomic mass is 32.2. The highest BCUT2D eigenvalue weighted by molar-refractivity contribution is 8.00. The zero-order valence-corrected chi connectivity index (χ0v) is 11.7. The Bertz CT molecular complexity index is 379. The Morgan fingerprint density at radius 3 is 2.47 bits per heavy atom. The van der Waals surface area contributed by atoms with Gasteiger partial charge in [0.25, 0.3) is 0 Å². The maximum Gasteiger partial charge on any atom is 0.230 e. The maximum atomic E-state index is 11.5. The van der Waals surface area contributed by atoms with Crippen LogP contribution in [0.15, 0.2) is 29.2 Å². The predicted octanol–water partition coefficient (Wildman–Crippen LogP) is 0.647. The van der Waals surface area contributed by atoms with E-state index in [1.807, 2.05) is 31.2 Å². The predicted molar refractivity (Wildman–Crippen MR) is 74.4 cm³/mol. The van der Waals surface area contributed by atoms with Crippen LogP contribution in [0.2, 0.25) is 0 Å². The van der Waals surface area contributed by atoms with Crippen molar-refractivity contribution < 1.29 is 19.7 Å². The first-order chi connectivity index (χ1) is 9.19. The molecule has 3 N–H and O–H groups in total. The molecule has 106 valence electrons. The Morgan fingerprint density at radius 1 is 1.32 bits per heavy atom. The monoisotopic (exact) mass is 285 g/mol. The molecule has 0 spiro atoms. The molecule has 0 saturated heterocycles. The molecule has 0 aliphatic heterocycles. The molecule has 0 aromatic heterocycles. The molecule has 0 saturated carbocycles. The van der Waals surface area contributed by atoms with Crippen molar-refractivity contribution in [3.8, 4) is 5.75 Å². The summed E-state index contributed by atoms with van der Waals surface area (Å²) in [5.41, 5.74) is 0. The lowest BCUT2D eigenvalue weighted by Gasteiger charge is -2.12. The lowest BCUT2D eigenvalue weighted by Crippen LogP contribution is -2.40. The van der Waals surface area contributed by atoms with E-state index in [0.29, 0.717) is 6.61 Å². The van der Waals surface area contributed by atoms with Crippen molar-refractivity contribution in [3.63, 3.8) is 0 Å². The molecule has 1 rings (SSSR count). The summed E-state index contributed by atoms with van der Waals surface area (Å²) in [4.78, 5) is 12.5. The lowest BCUT2D eigenvalue weighted by molar-refractivity contribution is -0.119. The van der Waals surface area contributed by atoms with Crippen molar-refractivity contribution in [2.45, 2.75) is 17.9 Å². The third-order valence-corrected chi connectivity index (χ3v) is 3.32. The number of hydrogen-bond donors (Lipinski definition) is 3. The minimum Gasteiger partial charge on any atom is -0.494 e. The van der Waals surface area contributed by atoms with E-state index in [-0.39, 0.29) is 24.9 Å². The average molecular weight is 285 g/mol. The Hall–Kier alpha value is -1.24. The maximum absolute atomic E-state index is 11.5. The lowest BCUT2D eigenvalue weighted by atomic mass is 10.3. The van der Waals surface area contributed by atoms with Gasteiger partial charge in [-0.15, -0.1) is 11.8 Å². The van der Waals surface area contributed by atoms with Crippen molar-refractivity contribution in [1.29, 1.82) is 0 Å². The van der Waals surface area contributed by atoms with Crippen LogP contribution < -0.4 is 10.1 Å². The first-order valence-corrected chi connectivity index (χ1v) is 7.04. The second kappa shape index (κ2) is 8.79. The van der Waals surface area contributed by atoms with Gasteiger partial charge in [0.15, 0.2) is 0 Å². The van der Waals surface area contributed by atoms with Gasteiger partial charge in [-0.1, -0.05) is 0 Å². The highest BCUT2D eigenvalue weighted by Crippen LogP contribution is 2.21. The molecular weight excluding hydrogens is 266 g/mol. The number of aliphatic hydroxyl groups excluding tert-OH is 2. The van der Waals surface area contributed by atoms with E-state index in [1.54, 1.807) is 0 Å². The normalized spacial score (nSPS) is 10.5. The Labute approximate surface area is 117 Å². The number of thioether (sulfide) groups is 1. The molecule has 0 aliphatic carbocycles. The fraction of sp³-hybridized carbons (Fsp3) is 0.462. The number of benzene rings is 1. The molecule has 0 aliphatic rings. The van der Waals surface area contributed by atoms with Gasteiger partial charge in [0.05, 0.1) is 31.6 Å². The van der Waals surface area contributed by atoms with Gasteiger partial charge < -0.3 is 20.3 Å². The van der Waals surface area contributed by atoms with Crippen molar-refractivity contribution in [2.75, 3.05) is 25.6 Å². The molecule has 0 heterocycles. The first-order valence-electron chi connectivity index (χ1n) is 6.06. The first kappa shape index (κ1) is 15.8. The van der Waals surface area contributed by atoms with Crippen molar-refractivity contribution in [2.24, 2.45) is 0 Å².